The van der Waals surface area contributed by atoms with Crippen LogP contribution in [0.1, 0.15) is 11.1 Å². The largest absolute Gasteiger partial charge is 0.405 e. The van der Waals surface area contributed by atoms with E-state index in [9.17, 15) is 12.8 Å². The lowest BCUT2D eigenvalue weighted by atomic mass is 10.0. The van der Waals surface area contributed by atoms with Gasteiger partial charge >= 0.3 is 0 Å². The first kappa shape index (κ1) is 15.7. The number of sulfone groups is 1. The average molecular weight is 333 g/mol. The molecule has 1 aliphatic rings. The highest BCUT2D eigenvalue weighted by Crippen LogP contribution is 2.34. The summed E-state index contributed by atoms with van der Waals surface area (Å²) in [5.74, 6) is 0.361. The van der Waals surface area contributed by atoms with Gasteiger partial charge in [-0.15, -0.1) is 5.06 Å². The third-order valence-corrected chi connectivity index (χ3v) is 4.77. The van der Waals surface area contributed by atoms with Crippen molar-refractivity contribution in [2.24, 2.45) is 0 Å². The Morgan fingerprint density at radius 1 is 1.00 bits per heavy atom. The molecule has 0 aliphatic carbocycles. The van der Waals surface area contributed by atoms with Gasteiger partial charge in [0.05, 0.1) is 11.4 Å². The Labute approximate surface area is 134 Å². The van der Waals surface area contributed by atoms with E-state index >= 15 is 0 Å². The van der Waals surface area contributed by atoms with Gasteiger partial charge in [0, 0.05) is 24.4 Å². The number of hydrogen-bond donors (Lipinski definition) is 0. The van der Waals surface area contributed by atoms with Crippen LogP contribution in [0, 0.1) is 5.82 Å². The number of hydroxylamine groups is 2. The molecular weight excluding hydrogens is 317 g/mol. The lowest BCUT2D eigenvalue weighted by molar-refractivity contribution is -0.0335. The van der Waals surface area contributed by atoms with Gasteiger partial charge in [0.15, 0.2) is 15.6 Å². The summed E-state index contributed by atoms with van der Waals surface area (Å²) in [5, 5.41) is 1.68. The fraction of sp³-hybridized carbons (Fsp3) is 0.176. The van der Waals surface area contributed by atoms with E-state index in [4.69, 9.17) is 4.84 Å². The number of hydrogen-bond acceptors (Lipinski definition) is 4. The van der Waals surface area contributed by atoms with E-state index in [-0.39, 0.29) is 10.7 Å². The second-order valence-electron chi connectivity index (χ2n) is 5.49. The lowest BCUT2D eigenvalue weighted by Crippen LogP contribution is -2.12. The molecule has 6 heteroatoms. The average Bonchev–Trinajstić information content (AvgIpc) is 2.89. The zero-order valence-corrected chi connectivity index (χ0v) is 13.6. The number of likely N-dealkylation sites (N-methyl/N-ethyl adjacent to an activating group) is 1. The summed E-state index contributed by atoms with van der Waals surface area (Å²) in [4.78, 5) is 6.00. The molecule has 120 valence electrons. The normalized spacial score (nSPS) is 15.8. The maximum absolute atomic E-state index is 13.1. The van der Waals surface area contributed by atoms with Crippen molar-refractivity contribution in [2.45, 2.75) is 4.90 Å². The zero-order valence-electron chi connectivity index (χ0n) is 12.8. The lowest BCUT2D eigenvalue weighted by Gasteiger charge is -2.10. The Morgan fingerprint density at radius 2 is 1.57 bits per heavy atom. The van der Waals surface area contributed by atoms with Gasteiger partial charge in [-0.1, -0.05) is 12.1 Å². The molecule has 1 heterocycles. The van der Waals surface area contributed by atoms with Crippen LogP contribution in [0.25, 0.3) is 11.3 Å². The van der Waals surface area contributed by atoms with E-state index in [1.54, 1.807) is 48.5 Å². The fourth-order valence-electron chi connectivity index (χ4n) is 2.49. The highest BCUT2D eigenvalue weighted by Gasteiger charge is 2.24. The Bertz CT molecular complexity index is 856. The molecular formula is C17H16FNO3S. The number of halogens is 1. The molecule has 0 N–H and O–H groups in total. The highest BCUT2D eigenvalue weighted by molar-refractivity contribution is 7.90. The van der Waals surface area contributed by atoms with E-state index in [1.165, 1.54) is 18.4 Å². The molecule has 0 unspecified atom stereocenters. The molecule has 4 nitrogen and oxygen atoms in total. The zero-order chi connectivity index (χ0) is 16.6. The Kier molecular flexibility index (Phi) is 3.95. The molecule has 23 heavy (non-hydrogen) atoms. The van der Waals surface area contributed by atoms with Crippen molar-refractivity contribution in [3.8, 4) is 0 Å². The van der Waals surface area contributed by atoms with E-state index in [1.807, 2.05) is 0 Å². The summed E-state index contributed by atoms with van der Waals surface area (Å²) in [5.41, 5.74) is 2.58. The maximum Gasteiger partial charge on any atom is 0.175 e. The van der Waals surface area contributed by atoms with Crippen LogP contribution in [0.15, 0.2) is 53.4 Å². The number of nitrogens with zero attached hydrogens (tertiary/aromatic N) is 1. The first-order chi connectivity index (χ1) is 10.8. The van der Waals surface area contributed by atoms with Crippen LogP contribution >= 0.6 is 0 Å². The van der Waals surface area contributed by atoms with E-state index in [0.29, 0.717) is 12.3 Å². The van der Waals surface area contributed by atoms with Crippen LogP contribution in [-0.4, -0.2) is 33.3 Å². The van der Waals surface area contributed by atoms with Gasteiger partial charge in [-0.05, 0) is 42.0 Å². The van der Waals surface area contributed by atoms with Crippen molar-refractivity contribution in [2.75, 3.05) is 19.8 Å². The standard InChI is InChI=1S/C17H16FNO3S/c1-19-11-16(12-3-7-14(18)8-4-12)17(22-19)13-5-9-15(10-6-13)23(2,20)21/h3-10H,11H2,1-2H3. The quantitative estimate of drug-likeness (QED) is 0.866. The van der Waals surface area contributed by atoms with Gasteiger partial charge in [0.2, 0.25) is 0 Å². The van der Waals surface area contributed by atoms with Crippen LogP contribution in [0.3, 0.4) is 0 Å². The third kappa shape index (κ3) is 3.28. The van der Waals surface area contributed by atoms with Gasteiger partial charge in [-0.3, -0.25) is 0 Å². The second kappa shape index (κ2) is 5.79. The summed E-state index contributed by atoms with van der Waals surface area (Å²) in [6, 6.07) is 12.8. The van der Waals surface area contributed by atoms with Crippen LogP contribution in [0.4, 0.5) is 4.39 Å². The van der Waals surface area contributed by atoms with E-state index in [2.05, 4.69) is 0 Å². The van der Waals surface area contributed by atoms with Crippen molar-refractivity contribution in [1.29, 1.82) is 0 Å². The van der Waals surface area contributed by atoms with Gasteiger partial charge in [0.25, 0.3) is 0 Å². The molecule has 0 bridgehead atoms. The number of benzene rings is 2. The van der Waals surface area contributed by atoms with Gasteiger partial charge in [0.1, 0.15) is 5.82 Å². The second-order valence-corrected chi connectivity index (χ2v) is 7.50. The monoisotopic (exact) mass is 333 g/mol. The van der Waals surface area contributed by atoms with Crippen LogP contribution in [0.5, 0.6) is 0 Å². The summed E-state index contributed by atoms with van der Waals surface area (Å²) < 4.78 is 36.2. The molecule has 0 aromatic heterocycles. The molecule has 0 atom stereocenters. The van der Waals surface area contributed by atoms with E-state index in [0.717, 1.165) is 16.7 Å². The molecule has 1 aliphatic heterocycles. The molecule has 0 amide bonds. The first-order valence-corrected chi connectivity index (χ1v) is 8.92. The molecule has 0 saturated heterocycles. The van der Waals surface area contributed by atoms with Gasteiger partial charge < -0.3 is 4.84 Å². The maximum atomic E-state index is 13.1. The molecule has 3 rings (SSSR count). The predicted octanol–water partition coefficient (Wildman–Crippen LogP) is 2.97. The van der Waals surface area contributed by atoms with Crippen LogP contribution < -0.4 is 0 Å². The topological polar surface area (TPSA) is 46.6 Å². The van der Waals surface area contributed by atoms with Crippen LogP contribution in [-0.2, 0) is 14.7 Å². The van der Waals surface area contributed by atoms with Gasteiger partial charge in [-0.25, -0.2) is 12.8 Å². The minimum atomic E-state index is -3.23. The molecule has 2 aromatic rings. The fourth-order valence-corrected chi connectivity index (χ4v) is 3.12. The van der Waals surface area contributed by atoms with Crippen molar-refractivity contribution >= 4 is 21.2 Å². The summed E-state index contributed by atoms with van der Waals surface area (Å²) in [7, 11) is -1.43. The summed E-state index contributed by atoms with van der Waals surface area (Å²) >= 11 is 0. The van der Waals surface area contributed by atoms with Crippen molar-refractivity contribution in [3.63, 3.8) is 0 Å². The highest BCUT2D eigenvalue weighted by atomic mass is 32.2. The van der Waals surface area contributed by atoms with Crippen LogP contribution in [0.2, 0.25) is 0 Å². The Hall–Kier alpha value is -2.18. The Morgan fingerprint density at radius 3 is 2.13 bits per heavy atom. The van der Waals surface area contributed by atoms with Crippen molar-refractivity contribution in [1.82, 2.24) is 5.06 Å². The summed E-state index contributed by atoms with van der Waals surface area (Å²) in [6.07, 6.45) is 1.17. The predicted molar refractivity (Wildman–Crippen MR) is 86.5 cm³/mol. The smallest absolute Gasteiger partial charge is 0.175 e. The minimum absolute atomic E-state index is 0.261. The number of rotatable bonds is 3. The molecule has 0 radical (unpaired) electrons. The SMILES string of the molecule is CN1CC(c2ccc(F)cc2)=C(c2ccc(S(C)(=O)=O)cc2)O1. The van der Waals surface area contributed by atoms with Gasteiger partial charge in [-0.2, -0.15) is 0 Å². The molecule has 0 spiro atoms. The first-order valence-electron chi connectivity index (χ1n) is 7.03. The summed E-state index contributed by atoms with van der Waals surface area (Å²) in [6.45, 7) is 0.564. The Balaban J connectivity index is 2.04. The molecule has 0 fully saturated rings. The minimum Gasteiger partial charge on any atom is -0.405 e. The third-order valence-electron chi connectivity index (χ3n) is 3.64. The van der Waals surface area contributed by atoms with Crippen molar-refractivity contribution in [3.05, 3.63) is 65.5 Å². The molecule has 0 saturated carbocycles. The molecule has 2 aromatic carbocycles. The van der Waals surface area contributed by atoms with E-state index < -0.39 is 9.84 Å². The van der Waals surface area contributed by atoms with Crippen molar-refractivity contribution < 1.29 is 17.6 Å².